The first-order chi connectivity index (χ1) is 18.7. The van der Waals surface area contributed by atoms with Crippen LogP contribution in [0, 0.1) is 24.6 Å². The van der Waals surface area contributed by atoms with E-state index in [1.165, 1.54) is 25.1 Å². The number of fused-ring (bicyclic) bond motifs is 3. The van der Waals surface area contributed by atoms with Crippen molar-refractivity contribution in [2.45, 2.75) is 88.5 Å². The van der Waals surface area contributed by atoms with Crippen molar-refractivity contribution in [3.8, 4) is 0 Å². The van der Waals surface area contributed by atoms with E-state index in [9.17, 15) is 32.3 Å². The van der Waals surface area contributed by atoms with Gasteiger partial charge in [-0.25, -0.2) is 8.78 Å². The molecule has 0 radical (unpaired) electrons. The topological polar surface area (TPSA) is 57.6 Å². The molecule has 1 saturated carbocycles. The SMILES string of the molecule is Cc1cc2c(cc1C(C)(F)C(F)(F)F)CC[C@H]1N(C(=O)[C@H]3CC[C@H](C(=O)O)CC3)CC[C@@]21Cc1ccc(F)cc1. The van der Waals surface area contributed by atoms with Crippen LogP contribution in [0.5, 0.6) is 0 Å². The molecule has 1 unspecified atom stereocenters. The fourth-order valence-electron chi connectivity index (χ4n) is 7.41. The second-order valence-corrected chi connectivity index (χ2v) is 12.0. The molecule has 2 aromatic rings. The molecule has 0 spiro atoms. The van der Waals surface area contributed by atoms with Crippen LogP contribution in [0.2, 0.25) is 0 Å². The van der Waals surface area contributed by atoms with E-state index in [0.717, 1.165) is 11.1 Å². The molecule has 3 atom stereocenters. The van der Waals surface area contributed by atoms with Gasteiger partial charge in [-0.05, 0) is 99.6 Å². The number of aliphatic carboxylic acids is 1. The van der Waals surface area contributed by atoms with Crippen molar-refractivity contribution in [1.82, 2.24) is 4.90 Å². The number of alkyl halides is 4. The number of carboxylic acid groups (broad SMARTS) is 1. The molecule has 2 aliphatic carbocycles. The van der Waals surface area contributed by atoms with Gasteiger partial charge in [0.25, 0.3) is 0 Å². The third kappa shape index (κ3) is 4.79. The van der Waals surface area contributed by atoms with E-state index in [0.29, 0.717) is 70.4 Å². The van der Waals surface area contributed by atoms with Crippen LogP contribution in [0.15, 0.2) is 36.4 Å². The number of aryl methyl sites for hydroxylation is 2. The van der Waals surface area contributed by atoms with Crippen LogP contribution in [0.4, 0.5) is 22.0 Å². The van der Waals surface area contributed by atoms with Gasteiger partial charge >= 0.3 is 12.1 Å². The van der Waals surface area contributed by atoms with Crippen LogP contribution < -0.4 is 0 Å². The minimum Gasteiger partial charge on any atom is -0.481 e. The monoisotopic (exact) mass is 563 g/mol. The van der Waals surface area contributed by atoms with Crippen molar-refractivity contribution in [2.24, 2.45) is 11.8 Å². The third-order valence-electron chi connectivity index (χ3n) is 9.67. The van der Waals surface area contributed by atoms with E-state index in [-0.39, 0.29) is 29.2 Å². The van der Waals surface area contributed by atoms with Crippen LogP contribution >= 0.6 is 0 Å². The van der Waals surface area contributed by atoms with E-state index in [1.807, 2.05) is 4.90 Å². The van der Waals surface area contributed by atoms with Gasteiger partial charge in [0.15, 0.2) is 0 Å². The van der Waals surface area contributed by atoms with Crippen molar-refractivity contribution in [2.75, 3.05) is 6.54 Å². The van der Waals surface area contributed by atoms with Crippen LogP contribution in [-0.2, 0) is 33.5 Å². The highest BCUT2D eigenvalue weighted by Gasteiger charge is 2.56. The highest BCUT2D eigenvalue weighted by molar-refractivity contribution is 5.81. The largest absolute Gasteiger partial charge is 0.481 e. The molecule has 1 heterocycles. The fraction of sp³-hybridized carbons (Fsp3) is 0.548. The molecule has 1 amide bonds. The lowest BCUT2D eigenvalue weighted by Gasteiger charge is -2.45. The van der Waals surface area contributed by atoms with Gasteiger partial charge in [-0.1, -0.05) is 24.3 Å². The first kappa shape index (κ1) is 28.6. The van der Waals surface area contributed by atoms with E-state index < -0.39 is 34.7 Å². The highest BCUT2D eigenvalue weighted by atomic mass is 19.4. The van der Waals surface area contributed by atoms with Gasteiger partial charge in [0, 0.05) is 29.5 Å². The maximum Gasteiger partial charge on any atom is 0.426 e. The lowest BCUT2D eigenvalue weighted by atomic mass is 9.63. The Morgan fingerprint density at radius 3 is 2.23 bits per heavy atom. The lowest BCUT2D eigenvalue weighted by molar-refractivity contribution is -0.228. The Morgan fingerprint density at radius 2 is 1.62 bits per heavy atom. The number of carbonyl (C=O) groups is 2. The van der Waals surface area contributed by atoms with Gasteiger partial charge in [-0.3, -0.25) is 9.59 Å². The van der Waals surface area contributed by atoms with Gasteiger partial charge in [0.2, 0.25) is 11.6 Å². The summed E-state index contributed by atoms with van der Waals surface area (Å²) in [5.41, 5.74) is -1.97. The molecular formula is C31H34F5NO3. The maximum atomic E-state index is 15.1. The lowest BCUT2D eigenvalue weighted by Crippen LogP contribution is -2.51. The van der Waals surface area contributed by atoms with Gasteiger partial charge < -0.3 is 10.0 Å². The second kappa shape index (κ2) is 10.1. The van der Waals surface area contributed by atoms with Crippen molar-refractivity contribution < 1.29 is 36.6 Å². The Hall–Kier alpha value is -2.97. The Balaban J connectivity index is 1.53. The Morgan fingerprint density at radius 1 is 1.00 bits per heavy atom. The molecule has 0 aromatic heterocycles. The average molecular weight is 564 g/mol. The molecule has 1 saturated heterocycles. The molecule has 216 valence electrons. The molecule has 4 nitrogen and oxygen atoms in total. The highest BCUT2D eigenvalue weighted by Crippen LogP contribution is 2.52. The first-order valence-electron chi connectivity index (χ1n) is 13.9. The summed E-state index contributed by atoms with van der Waals surface area (Å²) in [6.07, 6.45) is -1.18. The van der Waals surface area contributed by atoms with Gasteiger partial charge in [-0.2, -0.15) is 13.2 Å². The minimum absolute atomic E-state index is 0.0000155. The van der Waals surface area contributed by atoms with Gasteiger partial charge in [-0.15, -0.1) is 0 Å². The minimum atomic E-state index is -5.06. The van der Waals surface area contributed by atoms with Crippen molar-refractivity contribution in [3.63, 3.8) is 0 Å². The van der Waals surface area contributed by atoms with Crippen molar-refractivity contribution in [3.05, 3.63) is 70.0 Å². The normalized spacial score (nSPS) is 28.0. The number of nitrogens with zero attached hydrogens (tertiary/aromatic N) is 1. The van der Waals surface area contributed by atoms with Crippen molar-refractivity contribution >= 4 is 11.9 Å². The fourth-order valence-corrected chi connectivity index (χ4v) is 7.41. The summed E-state index contributed by atoms with van der Waals surface area (Å²) in [6.45, 7) is 2.51. The van der Waals surface area contributed by atoms with E-state index >= 15 is 4.39 Å². The number of hydrogen-bond acceptors (Lipinski definition) is 2. The molecule has 5 rings (SSSR count). The van der Waals surface area contributed by atoms with Crippen LogP contribution in [0.25, 0.3) is 0 Å². The van der Waals surface area contributed by atoms with E-state index in [1.54, 1.807) is 18.2 Å². The molecule has 1 aliphatic heterocycles. The summed E-state index contributed by atoms with van der Waals surface area (Å²) >= 11 is 0. The number of carbonyl (C=O) groups excluding carboxylic acids is 1. The van der Waals surface area contributed by atoms with Crippen LogP contribution in [0.3, 0.4) is 0 Å². The Kier molecular flexibility index (Phi) is 7.24. The molecule has 1 N–H and O–H groups in total. The maximum absolute atomic E-state index is 15.1. The van der Waals surface area contributed by atoms with Crippen LogP contribution in [0.1, 0.15) is 73.3 Å². The Bertz CT molecular complexity index is 1300. The molecular weight excluding hydrogens is 529 g/mol. The first-order valence-corrected chi connectivity index (χ1v) is 13.9. The standard InChI is InChI=1S/C31H34F5NO3/c1-18-15-25-22(16-24(18)29(2,33)31(34,35)36)9-12-26-30(25,17-19-3-10-23(32)11-4-19)13-14-37(26)27(38)20-5-7-21(8-6-20)28(39)40/h3-4,10-11,15-16,20-21,26H,5-9,12-14,17H2,1-2H3,(H,39,40)/t20-,21-,26-,29?,30-/m1/s1. The summed E-state index contributed by atoms with van der Waals surface area (Å²) in [4.78, 5) is 27.1. The van der Waals surface area contributed by atoms with Crippen LogP contribution in [-0.4, -0.2) is 40.6 Å². The number of benzene rings is 2. The quantitative estimate of drug-likeness (QED) is 0.407. The summed E-state index contributed by atoms with van der Waals surface area (Å²) < 4.78 is 69.8. The third-order valence-corrected chi connectivity index (χ3v) is 9.67. The van der Waals surface area contributed by atoms with E-state index in [2.05, 4.69) is 0 Å². The van der Waals surface area contributed by atoms with Crippen molar-refractivity contribution in [1.29, 1.82) is 0 Å². The number of halogens is 5. The summed E-state index contributed by atoms with van der Waals surface area (Å²) in [5.74, 6) is -1.91. The summed E-state index contributed by atoms with van der Waals surface area (Å²) in [7, 11) is 0. The number of rotatable bonds is 5. The molecule has 2 fully saturated rings. The Labute approximate surface area is 230 Å². The number of hydrogen-bond donors (Lipinski definition) is 1. The summed E-state index contributed by atoms with van der Waals surface area (Å²) in [5, 5.41) is 9.35. The molecule has 40 heavy (non-hydrogen) atoms. The molecule has 2 aromatic carbocycles. The zero-order valence-corrected chi connectivity index (χ0v) is 22.7. The predicted molar refractivity (Wildman–Crippen MR) is 139 cm³/mol. The smallest absolute Gasteiger partial charge is 0.426 e. The molecule has 3 aliphatic rings. The number of likely N-dealkylation sites (tertiary alicyclic amines) is 1. The second-order valence-electron chi connectivity index (χ2n) is 12.0. The number of carboxylic acids is 1. The average Bonchev–Trinajstić information content (AvgIpc) is 3.28. The molecule has 9 heteroatoms. The van der Waals surface area contributed by atoms with E-state index in [4.69, 9.17) is 0 Å². The zero-order valence-electron chi connectivity index (χ0n) is 22.7. The summed E-state index contributed by atoms with van der Waals surface area (Å²) in [6, 6.07) is 8.94. The van der Waals surface area contributed by atoms with Gasteiger partial charge in [0.1, 0.15) is 5.82 Å². The zero-order chi connectivity index (χ0) is 29.0. The predicted octanol–water partition coefficient (Wildman–Crippen LogP) is 6.80. The number of amides is 1. The van der Waals surface area contributed by atoms with Gasteiger partial charge in [0.05, 0.1) is 5.92 Å². The molecule has 0 bridgehead atoms.